The topological polar surface area (TPSA) is 0 Å². The van der Waals surface area contributed by atoms with Gasteiger partial charge in [0.2, 0.25) is 0 Å². The Labute approximate surface area is 208 Å². The predicted molar refractivity (Wildman–Crippen MR) is 154 cm³/mol. The van der Waals surface area contributed by atoms with Crippen molar-refractivity contribution in [1.29, 1.82) is 0 Å². The molecular weight excluding hydrogens is 384 g/mol. The van der Waals surface area contributed by atoms with Gasteiger partial charge >= 0.3 is 0 Å². The van der Waals surface area contributed by atoms with Crippen LogP contribution in [0.15, 0.2) is 0 Å². The lowest BCUT2D eigenvalue weighted by Crippen LogP contribution is -2.01. The van der Waals surface area contributed by atoms with E-state index >= 15 is 0 Å². The first-order chi connectivity index (χ1) is 15.7. The van der Waals surface area contributed by atoms with Gasteiger partial charge in [-0.3, -0.25) is 0 Å². The zero-order valence-electron chi connectivity index (χ0n) is 24.5. The van der Waals surface area contributed by atoms with Gasteiger partial charge < -0.3 is 0 Å². The van der Waals surface area contributed by atoms with Crippen LogP contribution >= 0.6 is 0 Å². The van der Waals surface area contributed by atoms with Gasteiger partial charge in [-0.05, 0) is 5.92 Å². The number of hydrogen-bond acceptors (Lipinski definition) is 0. The van der Waals surface area contributed by atoms with Gasteiger partial charge in [0.05, 0.1) is 0 Å². The van der Waals surface area contributed by atoms with Crippen LogP contribution in [0.1, 0.15) is 203 Å². The van der Waals surface area contributed by atoms with E-state index in [2.05, 4.69) is 48.5 Å². The minimum absolute atomic E-state index is 1.04. The highest BCUT2D eigenvalue weighted by Crippen LogP contribution is 2.23. The summed E-state index contributed by atoms with van der Waals surface area (Å²) in [5.41, 5.74) is 0. The molecule has 0 amide bonds. The van der Waals surface area contributed by atoms with E-state index in [0.29, 0.717) is 0 Å². The maximum atomic E-state index is 2.33. The molecule has 0 aliphatic heterocycles. The van der Waals surface area contributed by atoms with Crippen LogP contribution in [0.3, 0.4) is 0 Å². The summed E-state index contributed by atoms with van der Waals surface area (Å²) in [7, 11) is 0. The van der Waals surface area contributed by atoms with Crippen molar-refractivity contribution in [3.8, 4) is 0 Å². The molecule has 1 atom stereocenters. The van der Waals surface area contributed by atoms with E-state index in [-0.39, 0.29) is 0 Å². The lowest BCUT2D eigenvalue weighted by atomic mass is 9.90. The molecule has 0 aliphatic rings. The van der Waals surface area contributed by atoms with Crippen LogP contribution in [-0.2, 0) is 0 Å². The largest absolute Gasteiger partial charge is 0.0654 e. The van der Waals surface area contributed by atoms with Crippen molar-refractivity contribution in [3.63, 3.8) is 0 Å². The average molecular weight is 455 g/mol. The lowest BCUT2D eigenvalue weighted by Gasteiger charge is -2.16. The van der Waals surface area contributed by atoms with E-state index in [4.69, 9.17) is 0 Å². The zero-order chi connectivity index (χ0) is 24.5. The first-order valence-electron chi connectivity index (χ1n) is 15.7. The maximum absolute atomic E-state index is 2.33. The first-order valence-corrected chi connectivity index (χ1v) is 15.7. The summed E-state index contributed by atoms with van der Waals surface area (Å²) in [6.45, 7) is 15.9. The monoisotopic (exact) mass is 455 g/mol. The second-order valence-corrected chi connectivity index (χ2v) is 10.2. The molecule has 0 aromatic heterocycles. The molecule has 0 heterocycles. The maximum Gasteiger partial charge on any atom is -0.0414 e. The van der Waals surface area contributed by atoms with E-state index in [9.17, 15) is 0 Å². The van der Waals surface area contributed by atoms with Crippen molar-refractivity contribution in [3.05, 3.63) is 0 Å². The normalized spacial score (nSPS) is 11.3. The summed E-state index contributed by atoms with van der Waals surface area (Å²) in [4.78, 5) is 0. The van der Waals surface area contributed by atoms with E-state index in [1.54, 1.807) is 0 Å². The van der Waals surface area contributed by atoms with Gasteiger partial charge in [0.1, 0.15) is 0 Å². The van der Waals surface area contributed by atoms with Crippen molar-refractivity contribution in [2.75, 3.05) is 0 Å². The summed E-state index contributed by atoms with van der Waals surface area (Å²) in [6.07, 6.45) is 34.4. The fraction of sp³-hybridized carbons (Fsp3) is 1.00. The minimum atomic E-state index is 1.04. The van der Waals surface area contributed by atoms with Crippen LogP contribution in [0.2, 0.25) is 0 Å². The molecule has 0 saturated heterocycles. The molecule has 0 bridgehead atoms. The molecule has 0 fully saturated rings. The van der Waals surface area contributed by atoms with E-state index in [0.717, 1.165) is 5.92 Å². The van der Waals surface area contributed by atoms with Crippen molar-refractivity contribution in [2.45, 2.75) is 203 Å². The van der Waals surface area contributed by atoms with Crippen LogP contribution < -0.4 is 0 Å². The van der Waals surface area contributed by atoms with Gasteiger partial charge in [0, 0.05) is 0 Å². The molecule has 0 saturated carbocycles. The fourth-order valence-corrected chi connectivity index (χ4v) is 4.18. The van der Waals surface area contributed by atoms with E-state index in [1.165, 1.54) is 154 Å². The summed E-state index contributed by atoms with van der Waals surface area (Å²) >= 11 is 0. The van der Waals surface area contributed by atoms with E-state index in [1.807, 2.05) is 0 Å². The van der Waals surface area contributed by atoms with Crippen LogP contribution in [0, 0.1) is 5.92 Å². The highest BCUT2D eigenvalue weighted by molar-refractivity contribution is 4.61. The van der Waals surface area contributed by atoms with Gasteiger partial charge in [-0.15, -0.1) is 0 Å². The van der Waals surface area contributed by atoms with Crippen LogP contribution in [0.4, 0.5) is 0 Å². The number of rotatable bonds is 22. The summed E-state index contributed by atoms with van der Waals surface area (Å²) in [5.74, 6) is 1.04. The second-order valence-electron chi connectivity index (χ2n) is 10.2. The third-order valence-corrected chi connectivity index (χ3v) is 6.56. The standard InChI is InChI=1S/C18H38.2C7H16/c1-4-7-10-12-14-17-18(15-9-6-3)16-13-11-8-5-2;2*1-3-5-7-6-4-2/h18H,4-17H2,1-3H3;2*3-7H2,1-2H3. The SMILES string of the molecule is CCCCCCC.CCCCCCC.CCCCCCCC(CCCC)CCCCCC. The molecule has 0 aromatic carbocycles. The Hall–Kier alpha value is 0. The first kappa shape index (κ1) is 36.6. The molecule has 0 aromatic rings. The number of hydrogen-bond donors (Lipinski definition) is 0. The Morgan fingerprint density at radius 3 is 0.781 bits per heavy atom. The second kappa shape index (κ2) is 38.3. The number of unbranched alkanes of at least 4 members (excludes halogenated alkanes) is 16. The molecule has 1 unspecified atom stereocenters. The van der Waals surface area contributed by atoms with Crippen LogP contribution in [0.5, 0.6) is 0 Å². The molecule has 0 nitrogen and oxygen atoms in total. The van der Waals surface area contributed by atoms with Crippen molar-refractivity contribution in [2.24, 2.45) is 5.92 Å². The molecule has 32 heavy (non-hydrogen) atoms. The smallest absolute Gasteiger partial charge is 0.0414 e. The average Bonchev–Trinajstić information content (AvgIpc) is 2.81. The zero-order valence-corrected chi connectivity index (χ0v) is 24.5. The predicted octanol–water partition coefficient (Wildman–Crippen LogP) is 13.1. The third-order valence-electron chi connectivity index (χ3n) is 6.56. The summed E-state index contributed by atoms with van der Waals surface area (Å²) in [6, 6.07) is 0. The van der Waals surface area contributed by atoms with Gasteiger partial charge in [-0.2, -0.15) is 0 Å². The third kappa shape index (κ3) is 40.4. The molecule has 0 heteroatoms. The van der Waals surface area contributed by atoms with Crippen LogP contribution in [-0.4, -0.2) is 0 Å². The highest BCUT2D eigenvalue weighted by Gasteiger charge is 2.07. The summed E-state index contributed by atoms with van der Waals surface area (Å²) < 4.78 is 0. The highest BCUT2D eigenvalue weighted by atomic mass is 14.1. The fourth-order valence-electron chi connectivity index (χ4n) is 4.18. The Morgan fingerprint density at radius 2 is 0.469 bits per heavy atom. The summed E-state index contributed by atoms with van der Waals surface area (Å²) in [5, 5.41) is 0. The molecule has 0 aliphatic carbocycles. The van der Waals surface area contributed by atoms with Gasteiger partial charge in [-0.1, -0.05) is 203 Å². The van der Waals surface area contributed by atoms with Gasteiger partial charge in [0.15, 0.2) is 0 Å². The Bertz CT molecular complexity index is 239. The van der Waals surface area contributed by atoms with E-state index < -0.39 is 0 Å². The molecule has 0 spiro atoms. The van der Waals surface area contributed by atoms with Crippen molar-refractivity contribution in [1.82, 2.24) is 0 Å². The Kier molecular flexibility index (Phi) is 43.7. The molecule has 198 valence electrons. The lowest BCUT2D eigenvalue weighted by molar-refractivity contribution is 0.372. The van der Waals surface area contributed by atoms with Gasteiger partial charge in [-0.25, -0.2) is 0 Å². The quantitative estimate of drug-likeness (QED) is 0.143. The van der Waals surface area contributed by atoms with Gasteiger partial charge in [0.25, 0.3) is 0 Å². The Morgan fingerprint density at radius 1 is 0.250 bits per heavy atom. The van der Waals surface area contributed by atoms with Crippen molar-refractivity contribution < 1.29 is 0 Å². The van der Waals surface area contributed by atoms with Crippen LogP contribution in [0.25, 0.3) is 0 Å². The Balaban J connectivity index is -0.000000491. The van der Waals surface area contributed by atoms with Crippen molar-refractivity contribution >= 4 is 0 Å². The minimum Gasteiger partial charge on any atom is -0.0654 e. The molecule has 0 radical (unpaired) electrons. The molecular formula is C32H70. The molecule has 0 N–H and O–H groups in total. The molecule has 0 rings (SSSR count).